The van der Waals surface area contributed by atoms with Crippen molar-refractivity contribution in [3.8, 4) is 0 Å². The van der Waals surface area contributed by atoms with Crippen molar-refractivity contribution < 1.29 is 13.6 Å². The van der Waals surface area contributed by atoms with Crippen molar-refractivity contribution in [3.63, 3.8) is 0 Å². The Bertz CT molecular complexity index is 800. The lowest BCUT2D eigenvalue weighted by Crippen LogP contribution is -2.41. The van der Waals surface area contributed by atoms with Crippen LogP contribution in [0.2, 0.25) is 0 Å². The standard InChI is InChI=1S/C19H21N3O3/c23-18(20-12-15-4-3-11-24-15)13-22-9-7-14(8-10-22)19-21-16-5-1-2-6-17(16)25-19/h1-6,11,14H,7-10,12-13H2,(H,20,23). The molecule has 1 N–H and O–H groups in total. The van der Waals surface area contributed by atoms with E-state index < -0.39 is 0 Å². The van der Waals surface area contributed by atoms with Gasteiger partial charge in [-0.3, -0.25) is 9.69 Å². The number of hydrogen-bond donors (Lipinski definition) is 1. The van der Waals surface area contributed by atoms with Crippen molar-refractivity contribution in [3.05, 3.63) is 54.3 Å². The van der Waals surface area contributed by atoms with Crippen LogP contribution in [0.15, 0.2) is 51.5 Å². The molecule has 0 atom stereocenters. The van der Waals surface area contributed by atoms with Crippen LogP contribution in [0.5, 0.6) is 0 Å². The van der Waals surface area contributed by atoms with Gasteiger partial charge in [0, 0.05) is 5.92 Å². The van der Waals surface area contributed by atoms with Crippen molar-refractivity contribution in [2.45, 2.75) is 25.3 Å². The largest absolute Gasteiger partial charge is 0.467 e. The molecular weight excluding hydrogens is 318 g/mol. The topological polar surface area (TPSA) is 71.5 Å². The van der Waals surface area contributed by atoms with Crippen molar-refractivity contribution in [2.75, 3.05) is 19.6 Å². The van der Waals surface area contributed by atoms with E-state index in [9.17, 15) is 4.79 Å². The Kier molecular flexibility index (Phi) is 4.52. The molecule has 3 heterocycles. The van der Waals surface area contributed by atoms with Crippen LogP contribution in [-0.4, -0.2) is 35.4 Å². The van der Waals surface area contributed by atoms with Crippen LogP contribution in [0.3, 0.4) is 0 Å². The molecule has 6 nitrogen and oxygen atoms in total. The molecule has 1 aliphatic rings. The number of aromatic nitrogens is 1. The highest BCUT2D eigenvalue weighted by atomic mass is 16.3. The number of benzene rings is 1. The van der Waals surface area contributed by atoms with Crippen molar-refractivity contribution >= 4 is 17.0 Å². The third-order valence-corrected chi connectivity index (χ3v) is 4.65. The smallest absolute Gasteiger partial charge is 0.234 e. The number of rotatable bonds is 5. The van der Waals surface area contributed by atoms with E-state index in [0.717, 1.165) is 48.7 Å². The normalized spacial score (nSPS) is 16.3. The van der Waals surface area contributed by atoms with Crippen LogP contribution in [0.25, 0.3) is 11.1 Å². The van der Waals surface area contributed by atoms with E-state index in [-0.39, 0.29) is 5.91 Å². The number of carbonyl (C=O) groups is 1. The van der Waals surface area contributed by atoms with Gasteiger partial charge in [-0.05, 0) is 50.2 Å². The van der Waals surface area contributed by atoms with Gasteiger partial charge in [0.1, 0.15) is 11.3 Å². The summed E-state index contributed by atoms with van der Waals surface area (Å²) < 4.78 is 11.1. The summed E-state index contributed by atoms with van der Waals surface area (Å²) in [5, 5.41) is 2.89. The summed E-state index contributed by atoms with van der Waals surface area (Å²) in [6.07, 6.45) is 3.52. The first-order valence-electron chi connectivity index (χ1n) is 8.65. The lowest BCUT2D eigenvalue weighted by molar-refractivity contribution is -0.122. The van der Waals surface area contributed by atoms with Gasteiger partial charge in [-0.25, -0.2) is 4.98 Å². The monoisotopic (exact) mass is 339 g/mol. The van der Waals surface area contributed by atoms with Gasteiger partial charge in [-0.2, -0.15) is 0 Å². The van der Waals surface area contributed by atoms with Gasteiger partial charge in [0.2, 0.25) is 5.91 Å². The molecular formula is C19H21N3O3. The summed E-state index contributed by atoms with van der Waals surface area (Å²) in [4.78, 5) is 18.8. The number of amides is 1. The van der Waals surface area contributed by atoms with E-state index in [1.165, 1.54) is 0 Å². The second-order valence-corrected chi connectivity index (χ2v) is 6.43. The van der Waals surface area contributed by atoms with Crippen LogP contribution in [0, 0.1) is 0 Å². The summed E-state index contributed by atoms with van der Waals surface area (Å²) in [5.74, 6) is 1.94. The Hall–Kier alpha value is -2.60. The lowest BCUT2D eigenvalue weighted by Gasteiger charge is -2.29. The summed E-state index contributed by atoms with van der Waals surface area (Å²) >= 11 is 0. The first kappa shape index (κ1) is 15.9. The van der Waals surface area contributed by atoms with Gasteiger partial charge in [0.05, 0.1) is 19.4 Å². The summed E-state index contributed by atoms with van der Waals surface area (Å²) in [7, 11) is 0. The van der Waals surface area contributed by atoms with Crippen LogP contribution in [0.1, 0.15) is 30.4 Å². The Morgan fingerprint density at radius 2 is 2.04 bits per heavy atom. The van der Waals surface area contributed by atoms with Crippen molar-refractivity contribution in [2.24, 2.45) is 0 Å². The van der Waals surface area contributed by atoms with E-state index in [0.29, 0.717) is 19.0 Å². The van der Waals surface area contributed by atoms with Gasteiger partial charge < -0.3 is 14.2 Å². The zero-order chi connectivity index (χ0) is 17.1. The number of nitrogens with one attached hydrogen (secondary N) is 1. The molecule has 1 saturated heterocycles. The first-order valence-corrected chi connectivity index (χ1v) is 8.65. The highest BCUT2D eigenvalue weighted by molar-refractivity contribution is 5.78. The van der Waals surface area contributed by atoms with Crippen molar-refractivity contribution in [1.29, 1.82) is 0 Å². The number of nitrogens with zero attached hydrogens (tertiary/aromatic N) is 2. The number of piperidine rings is 1. The SMILES string of the molecule is O=C(CN1CCC(c2nc3ccccc3o2)CC1)NCc1ccco1. The van der Waals surface area contributed by atoms with Gasteiger partial charge in [0.25, 0.3) is 0 Å². The summed E-state index contributed by atoms with van der Waals surface area (Å²) in [5.41, 5.74) is 1.76. The quantitative estimate of drug-likeness (QED) is 0.774. The number of likely N-dealkylation sites (tertiary alicyclic amines) is 1. The van der Waals surface area contributed by atoms with E-state index in [1.54, 1.807) is 6.26 Å². The highest BCUT2D eigenvalue weighted by Gasteiger charge is 2.25. The second-order valence-electron chi connectivity index (χ2n) is 6.43. The number of hydrogen-bond acceptors (Lipinski definition) is 5. The number of carbonyl (C=O) groups excluding carboxylic acids is 1. The fourth-order valence-electron chi connectivity index (χ4n) is 3.26. The second kappa shape index (κ2) is 7.11. The minimum absolute atomic E-state index is 0.0247. The zero-order valence-corrected chi connectivity index (χ0v) is 14.0. The molecule has 0 bridgehead atoms. The Morgan fingerprint density at radius 3 is 2.80 bits per heavy atom. The van der Waals surface area contributed by atoms with Crippen LogP contribution in [-0.2, 0) is 11.3 Å². The van der Waals surface area contributed by atoms with Gasteiger partial charge in [-0.1, -0.05) is 12.1 Å². The predicted octanol–water partition coefficient (Wildman–Crippen LogP) is 2.92. The van der Waals surface area contributed by atoms with Gasteiger partial charge >= 0.3 is 0 Å². The third kappa shape index (κ3) is 3.74. The minimum Gasteiger partial charge on any atom is -0.467 e. The fraction of sp³-hybridized carbons (Fsp3) is 0.368. The molecule has 25 heavy (non-hydrogen) atoms. The average molecular weight is 339 g/mol. The molecule has 1 fully saturated rings. The number of furan rings is 1. The van der Waals surface area contributed by atoms with Gasteiger partial charge in [-0.15, -0.1) is 0 Å². The van der Waals surface area contributed by atoms with E-state index in [1.807, 2.05) is 36.4 Å². The molecule has 2 aromatic heterocycles. The Balaban J connectivity index is 1.27. The Morgan fingerprint density at radius 1 is 1.20 bits per heavy atom. The molecule has 3 aromatic rings. The molecule has 1 amide bonds. The lowest BCUT2D eigenvalue weighted by atomic mass is 9.97. The highest BCUT2D eigenvalue weighted by Crippen LogP contribution is 2.29. The molecule has 4 rings (SSSR count). The summed E-state index contributed by atoms with van der Waals surface area (Å²) in [6.45, 7) is 2.60. The maximum Gasteiger partial charge on any atom is 0.234 e. The number of para-hydroxylation sites is 2. The van der Waals surface area contributed by atoms with Gasteiger partial charge in [0.15, 0.2) is 11.5 Å². The molecule has 0 saturated carbocycles. The molecule has 130 valence electrons. The maximum atomic E-state index is 12.1. The van der Waals surface area contributed by atoms with E-state index >= 15 is 0 Å². The molecule has 0 aliphatic carbocycles. The Labute approximate surface area is 145 Å². The zero-order valence-electron chi connectivity index (χ0n) is 14.0. The van der Waals surface area contributed by atoms with Crippen LogP contribution in [0.4, 0.5) is 0 Å². The molecule has 0 spiro atoms. The first-order chi connectivity index (χ1) is 12.3. The van der Waals surface area contributed by atoms with Crippen molar-refractivity contribution in [1.82, 2.24) is 15.2 Å². The predicted molar refractivity (Wildman–Crippen MR) is 93.0 cm³/mol. The average Bonchev–Trinajstić information content (AvgIpc) is 3.30. The number of oxazole rings is 1. The summed E-state index contributed by atoms with van der Waals surface area (Å²) in [6, 6.07) is 11.5. The molecule has 1 aliphatic heterocycles. The van der Waals surface area contributed by atoms with Crippen LogP contribution >= 0.6 is 0 Å². The minimum atomic E-state index is 0.0247. The maximum absolute atomic E-state index is 12.1. The molecule has 1 aromatic carbocycles. The fourth-order valence-corrected chi connectivity index (χ4v) is 3.26. The molecule has 6 heteroatoms. The van der Waals surface area contributed by atoms with E-state index in [2.05, 4.69) is 15.2 Å². The van der Waals surface area contributed by atoms with E-state index in [4.69, 9.17) is 8.83 Å². The third-order valence-electron chi connectivity index (χ3n) is 4.65. The molecule has 0 radical (unpaired) electrons. The molecule has 0 unspecified atom stereocenters. The number of fused-ring (bicyclic) bond motifs is 1. The van der Waals surface area contributed by atoms with Crippen LogP contribution < -0.4 is 5.32 Å².